The van der Waals surface area contributed by atoms with Gasteiger partial charge < -0.3 is 19.9 Å². The number of methoxy groups -OCH3 is 1. The summed E-state index contributed by atoms with van der Waals surface area (Å²) in [5.41, 5.74) is 0.656. The molecule has 1 aromatic carbocycles. The highest BCUT2D eigenvalue weighted by Gasteiger charge is 2.37. The van der Waals surface area contributed by atoms with Crippen molar-refractivity contribution in [3.05, 3.63) is 29.8 Å². The number of rotatable bonds is 6. The molecule has 1 saturated heterocycles. The summed E-state index contributed by atoms with van der Waals surface area (Å²) in [7, 11) is 3.54. The Morgan fingerprint density at radius 3 is 2.56 bits per heavy atom. The van der Waals surface area contributed by atoms with Crippen LogP contribution in [-0.4, -0.2) is 64.3 Å². The minimum absolute atomic E-state index is 0.318. The minimum Gasteiger partial charge on any atom is -0.385 e. The average Bonchev–Trinajstić information content (AvgIpc) is 2.66. The Balaban J connectivity index is 1.53. The predicted molar refractivity (Wildman–Crippen MR) is 104 cm³/mol. The number of guanidine groups is 1. The number of nitrogens with one attached hydrogen (secondary N) is 1. The molecule has 1 aliphatic carbocycles. The van der Waals surface area contributed by atoms with Gasteiger partial charge in [-0.2, -0.15) is 0 Å². The van der Waals surface area contributed by atoms with Crippen molar-refractivity contribution in [3.8, 4) is 0 Å². The van der Waals surface area contributed by atoms with Crippen LogP contribution in [0.5, 0.6) is 0 Å². The first-order chi connectivity index (χ1) is 13.1. The molecule has 1 saturated carbocycles. The van der Waals surface area contributed by atoms with Crippen LogP contribution >= 0.6 is 0 Å². The Labute approximate surface area is 160 Å². The Morgan fingerprint density at radius 1 is 1.22 bits per heavy atom. The van der Waals surface area contributed by atoms with E-state index in [2.05, 4.69) is 15.2 Å². The van der Waals surface area contributed by atoms with Crippen molar-refractivity contribution in [2.24, 2.45) is 10.4 Å². The third-order valence-corrected chi connectivity index (χ3v) is 5.91. The summed E-state index contributed by atoms with van der Waals surface area (Å²) in [6.07, 6.45) is 4.81. The van der Waals surface area contributed by atoms with Crippen LogP contribution in [-0.2, 0) is 4.74 Å². The van der Waals surface area contributed by atoms with E-state index in [0.717, 1.165) is 44.7 Å². The molecule has 3 rings (SSSR count). The molecule has 0 aromatic heterocycles. The van der Waals surface area contributed by atoms with Gasteiger partial charge in [0.05, 0.1) is 5.69 Å². The zero-order chi connectivity index (χ0) is 19.3. The first kappa shape index (κ1) is 19.9. The van der Waals surface area contributed by atoms with E-state index in [1.807, 2.05) is 4.90 Å². The topological polar surface area (TPSA) is 40.1 Å². The number of hydrogen-bond acceptors (Lipinski definition) is 3. The summed E-state index contributed by atoms with van der Waals surface area (Å²) in [5, 5.41) is 3.53. The molecule has 1 N–H and O–H groups in total. The van der Waals surface area contributed by atoms with Gasteiger partial charge in [-0.3, -0.25) is 4.99 Å². The summed E-state index contributed by atoms with van der Waals surface area (Å²) < 4.78 is 32.7. The molecule has 2 aliphatic rings. The highest BCUT2D eigenvalue weighted by atomic mass is 19.1. The van der Waals surface area contributed by atoms with Gasteiger partial charge in [-0.1, -0.05) is 6.42 Å². The first-order valence-corrected chi connectivity index (χ1v) is 9.71. The van der Waals surface area contributed by atoms with E-state index in [9.17, 15) is 8.78 Å². The maximum atomic E-state index is 14.0. The van der Waals surface area contributed by atoms with E-state index >= 15 is 0 Å². The molecule has 0 bridgehead atoms. The molecule has 0 unspecified atom stereocenters. The summed E-state index contributed by atoms with van der Waals surface area (Å²) in [4.78, 5) is 8.52. The quantitative estimate of drug-likeness (QED) is 0.609. The molecule has 1 heterocycles. The van der Waals surface area contributed by atoms with E-state index in [4.69, 9.17) is 4.74 Å². The second-order valence-electron chi connectivity index (χ2n) is 7.57. The molecule has 27 heavy (non-hydrogen) atoms. The molecule has 2 fully saturated rings. The van der Waals surface area contributed by atoms with Crippen LogP contribution in [0.25, 0.3) is 0 Å². The van der Waals surface area contributed by atoms with Crippen LogP contribution in [0.3, 0.4) is 0 Å². The number of halogens is 2. The van der Waals surface area contributed by atoms with Gasteiger partial charge in [0.15, 0.2) is 5.96 Å². The van der Waals surface area contributed by atoms with Crippen LogP contribution in [0.4, 0.5) is 14.5 Å². The van der Waals surface area contributed by atoms with Crippen LogP contribution in [0.15, 0.2) is 23.2 Å². The molecule has 1 aromatic rings. The van der Waals surface area contributed by atoms with E-state index in [1.54, 1.807) is 14.2 Å². The second kappa shape index (κ2) is 8.87. The van der Waals surface area contributed by atoms with E-state index in [1.165, 1.54) is 31.4 Å². The lowest BCUT2D eigenvalue weighted by molar-refractivity contribution is 0.0726. The number of ether oxygens (including phenoxy) is 1. The maximum Gasteiger partial charge on any atom is 0.193 e. The number of aliphatic imine (C=N–C) groups is 1. The van der Waals surface area contributed by atoms with Crippen LogP contribution in [0.1, 0.15) is 25.7 Å². The highest BCUT2D eigenvalue weighted by molar-refractivity contribution is 5.80. The van der Waals surface area contributed by atoms with Gasteiger partial charge in [0.1, 0.15) is 11.6 Å². The molecule has 7 heteroatoms. The summed E-state index contributed by atoms with van der Waals surface area (Å²) in [6, 6.07) is 3.62. The summed E-state index contributed by atoms with van der Waals surface area (Å²) in [5.74, 6) is 0.101. The number of anilines is 1. The van der Waals surface area contributed by atoms with Crippen molar-refractivity contribution < 1.29 is 13.5 Å². The Bertz CT molecular complexity index is 655. The Hall–Kier alpha value is -1.89. The second-order valence-corrected chi connectivity index (χ2v) is 7.57. The van der Waals surface area contributed by atoms with Gasteiger partial charge in [0.25, 0.3) is 0 Å². The molecular formula is C20H30F2N4O. The number of nitrogens with zero attached hydrogens (tertiary/aromatic N) is 3. The predicted octanol–water partition coefficient (Wildman–Crippen LogP) is 2.87. The summed E-state index contributed by atoms with van der Waals surface area (Å²) >= 11 is 0. The Kier molecular flexibility index (Phi) is 6.52. The molecule has 0 atom stereocenters. The number of hydrogen-bond donors (Lipinski definition) is 1. The van der Waals surface area contributed by atoms with Crippen molar-refractivity contribution in [2.45, 2.75) is 25.7 Å². The number of benzene rings is 1. The van der Waals surface area contributed by atoms with E-state index in [-0.39, 0.29) is 5.82 Å². The third kappa shape index (κ3) is 4.69. The van der Waals surface area contributed by atoms with Crippen molar-refractivity contribution in [1.82, 2.24) is 10.2 Å². The minimum atomic E-state index is -0.409. The SMILES string of the molecule is CN=C(NCC1(CCOC)CCC1)N1CCN(c2cc(F)ccc2F)CC1. The molecule has 0 spiro atoms. The molecule has 150 valence electrons. The standard InChI is InChI=1S/C20H30F2N4O/c1-23-19(24-15-20(6-3-7-20)8-13-27-2)26-11-9-25(10-12-26)18-14-16(21)4-5-17(18)22/h4-5,14H,3,6-13,15H2,1-2H3,(H,23,24). The van der Waals surface area contributed by atoms with Gasteiger partial charge in [0, 0.05) is 59.6 Å². The van der Waals surface area contributed by atoms with Crippen LogP contribution < -0.4 is 10.2 Å². The van der Waals surface area contributed by atoms with Crippen molar-refractivity contribution in [3.63, 3.8) is 0 Å². The lowest BCUT2D eigenvalue weighted by Gasteiger charge is -2.44. The van der Waals surface area contributed by atoms with Gasteiger partial charge in [0.2, 0.25) is 0 Å². The van der Waals surface area contributed by atoms with E-state index < -0.39 is 5.82 Å². The fourth-order valence-corrected chi connectivity index (χ4v) is 4.00. The Morgan fingerprint density at radius 2 is 1.96 bits per heavy atom. The highest BCUT2D eigenvalue weighted by Crippen LogP contribution is 2.43. The number of piperazine rings is 1. The van der Waals surface area contributed by atoms with Gasteiger partial charge in [-0.25, -0.2) is 8.78 Å². The smallest absolute Gasteiger partial charge is 0.193 e. The van der Waals surface area contributed by atoms with Gasteiger partial charge >= 0.3 is 0 Å². The normalized spacial score (nSPS) is 19.8. The fourth-order valence-electron chi connectivity index (χ4n) is 4.00. The van der Waals surface area contributed by atoms with Gasteiger partial charge in [-0.05, 0) is 36.8 Å². The molecule has 5 nitrogen and oxygen atoms in total. The lowest BCUT2D eigenvalue weighted by atomic mass is 9.67. The largest absolute Gasteiger partial charge is 0.385 e. The molecule has 0 amide bonds. The summed E-state index contributed by atoms with van der Waals surface area (Å²) in [6.45, 7) is 4.41. The lowest BCUT2D eigenvalue weighted by Crippen LogP contribution is -2.54. The van der Waals surface area contributed by atoms with Crippen molar-refractivity contribution in [1.29, 1.82) is 0 Å². The maximum absolute atomic E-state index is 14.0. The fraction of sp³-hybridized carbons (Fsp3) is 0.650. The van der Waals surface area contributed by atoms with Gasteiger partial charge in [-0.15, -0.1) is 0 Å². The average molecular weight is 380 g/mol. The van der Waals surface area contributed by atoms with Crippen LogP contribution in [0, 0.1) is 17.0 Å². The van der Waals surface area contributed by atoms with Crippen LogP contribution in [0.2, 0.25) is 0 Å². The molecule has 1 aliphatic heterocycles. The molecule has 0 radical (unpaired) electrons. The van der Waals surface area contributed by atoms with Crippen molar-refractivity contribution >= 4 is 11.6 Å². The third-order valence-electron chi connectivity index (χ3n) is 5.91. The zero-order valence-corrected chi connectivity index (χ0v) is 16.3. The first-order valence-electron chi connectivity index (χ1n) is 9.71. The zero-order valence-electron chi connectivity index (χ0n) is 16.3. The van der Waals surface area contributed by atoms with Crippen molar-refractivity contribution in [2.75, 3.05) is 58.4 Å². The monoisotopic (exact) mass is 380 g/mol. The molecular weight excluding hydrogens is 350 g/mol. The van der Waals surface area contributed by atoms with E-state index in [0.29, 0.717) is 24.2 Å².